The Morgan fingerprint density at radius 1 is 1.29 bits per heavy atom. The van der Waals surface area contributed by atoms with Gasteiger partial charge in [0.1, 0.15) is 11.4 Å². The van der Waals surface area contributed by atoms with Crippen LogP contribution in [0.3, 0.4) is 0 Å². The number of carbonyl (C=O) groups is 2. The van der Waals surface area contributed by atoms with E-state index in [1.807, 2.05) is 20.8 Å². The number of hydrogen-bond donors (Lipinski definition) is 0. The number of ether oxygens (including phenoxy) is 1. The molecule has 1 saturated carbocycles. The fourth-order valence-corrected chi connectivity index (χ4v) is 3.61. The van der Waals surface area contributed by atoms with Crippen molar-refractivity contribution in [3.05, 3.63) is 0 Å². The van der Waals surface area contributed by atoms with Crippen LogP contribution in [0.2, 0.25) is 0 Å². The fourth-order valence-electron chi connectivity index (χ4n) is 3.61. The van der Waals surface area contributed by atoms with Crippen molar-refractivity contribution in [2.75, 3.05) is 13.1 Å². The van der Waals surface area contributed by atoms with Gasteiger partial charge in [-0.05, 0) is 45.4 Å². The number of rotatable bonds is 1. The van der Waals surface area contributed by atoms with E-state index in [0.29, 0.717) is 37.1 Å². The van der Waals surface area contributed by atoms with E-state index in [4.69, 9.17) is 4.74 Å². The van der Waals surface area contributed by atoms with Crippen LogP contribution in [0.1, 0.15) is 59.8 Å². The van der Waals surface area contributed by atoms with Crippen LogP contribution in [0.5, 0.6) is 0 Å². The van der Waals surface area contributed by atoms with Gasteiger partial charge in [-0.25, -0.2) is 4.79 Å². The third kappa shape index (κ3) is 4.45. The SMILES string of the molecule is CC1CCCC(C2CN(C(=O)OC(C)(C)C)CCC2=O)C1. The number of ketones is 1. The van der Waals surface area contributed by atoms with Gasteiger partial charge in [0.25, 0.3) is 0 Å². The molecule has 1 aliphatic heterocycles. The minimum atomic E-state index is -0.479. The van der Waals surface area contributed by atoms with Crippen LogP contribution >= 0.6 is 0 Å². The van der Waals surface area contributed by atoms with E-state index < -0.39 is 5.60 Å². The summed E-state index contributed by atoms with van der Waals surface area (Å²) >= 11 is 0. The van der Waals surface area contributed by atoms with Gasteiger partial charge in [-0.2, -0.15) is 0 Å². The minimum Gasteiger partial charge on any atom is -0.444 e. The van der Waals surface area contributed by atoms with Gasteiger partial charge in [-0.3, -0.25) is 4.79 Å². The van der Waals surface area contributed by atoms with Crippen molar-refractivity contribution in [1.82, 2.24) is 4.90 Å². The largest absolute Gasteiger partial charge is 0.444 e. The average Bonchev–Trinajstić information content (AvgIpc) is 2.37. The number of carbonyl (C=O) groups excluding carboxylic acids is 2. The number of nitrogens with zero attached hydrogens (tertiary/aromatic N) is 1. The van der Waals surface area contributed by atoms with Gasteiger partial charge in [0.15, 0.2) is 0 Å². The Balaban J connectivity index is 1.98. The quantitative estimate of drug-likeness (QED) is 0.742. The van der Waals surface area contributed by atoms with Crippen LogP contribution in [0.4, 0.5) is 4.79 Å². The third-order valence-electron chi connectivity index (χ3n) is 4.66. The van der Waals surface area contributed by atoms with E-state index in [2.05, 4.69) is 6.92 Å². The summed E-state index contributed by atoms with van der Waals surface area (Å²) in [6.07, 6.45) is 4.94. The number of amides is 1. The van der Waals surface area contributed by atoms with E-state index >= 15 is 0 Å². The van der Waals surface area contributed by atoms with Gasteiger partial charge >= 0.3 is 6.09 Å². The maximum absolute atomic E-state index is 12.3. The summed E-state index contributed by atoms with van der Waals surface area (Å²) in [4.78, 5) is 26.2. The second kappa shape index (κ2) is 6.37. The minimum absolute atomic E-state index is 0.0222. The second-order valence-corrected chi connectivity index (χ2v) is 7.78. The first-order valence-corrected chi connectivity index (χ1v) is 8.27. The zero-order valence-electron chi connectivity index (χ0n) is 13.9. The number of piperidine rings is 1. The van der Waals surface area contributed by atoms with Crippen LogP contribution in [-0.2, 0) is 9.53 Å². The molecule has 2 aliphatic rings. The van der Waals surface area contributed by atoms with Crippen LogP contribution in [0, 0.1) is 17.8 Å². The van der Waals surface area contributed by atoms with Gasteiger partial charge in [0.05, 0.1) is 0 Å². The molecule has 4 heteroatoms. The second-order valence-electron chi connectivity index (χ2n) is 7.78. The highest BCUT2D eigenvalue weighted by Crippen LogP contribution is 2.36. The van der Waals surface area contributed by atoms with Crippen LogP contribution < -0.4 is 0 Å². The van der Waals surface area contributed by atoms with Crippen molar-refractivity contribution >= 4 is 11.9 Å². The van der Waals surface area contributed by atoms with E-state index in [0.717, 1.165) is 12.8 Å². The lowest BCUT2D eigenvalue weighted by atomic mass is 9.73. The summed E-state index contributed by atoms with van der Waals surface area (Å²) < 4.78 is 5.44. The molecular weight excluding hydrogens is 266 g/mol. The lowest BCUT2D eigenvalue weighted by Crippen LogP contribution is -2.48. The smallest absolute Gasteiger partial charge is 0.410 e. The summed E-state index contributed by atoms with van der Waals surface area (Å²) in [5.41, 5.74) is -0.479. The van der Waals surface area contributed by atoms with Crippen molar-refractivity contribution in [3.63, 3.8) is 0 Å². The molecule has 1 aliphatic carbocycles. The number of Topliss-reactive ketones (excluding diaryl/α,β-unsaturated/α-hetero) is 1. The number of hydrogen-bond acceptors (Lipinski definition) is 3. The van der Waals surface area contributed by atoms with Crippen molar-refractivity contribution < 1.29 is 14.3 Å². The van der Waals surface area contributed by atoms with E-state index in [9.17, 15) is 9.59 Å². The molecule has 0 N–H and O–H groups in total. The Bertz CT molecular complexity index is 399. The first kappa shape index (κ1) is 16.3. The Morgan fingerprint density at radius 3 is 2.62 bits per heavy atom. The van der Waals surface area contributed by atoms with Crippen molar-refractivity contribution in [3.8, 4) is 0 Å². The predicted molar refractivity (Wildman–Crippen MR) is 82.0 cm³/mol. The van der Waals surface area contributed by atoms with Crippen LogP contribution in [0.25, 0.3) is 0 Å². The van der Waals surface area contributed by atoms with Gasteiger partial charge in [0, 0.05) is 25.4 Å². The Kier molecular flexibility index (Phi) is 4.95. The first-order valence-electron chi connectivity index (χ1n) is 8.27. The van der Waals surface area contributed by atoms with Gasteiger partial charge in [-0.1, -0.05) is 19.8 Å². The summed E-state index contributed by atoms with van der Waals surface area (Å²) in [6.45, 7) is 8.95. The topological polar surface area (TPSA) is 46.6 Å². The molecule has 0 aromatic carbocycles. The molecular formula is C17H29NO3. The van der Waals surface area contributed by atoms with E-state index in [1.54, 1.807) is 4.90 Å². The highest BCUT2D eigenvalue weighted by atomic mass is 16.6. The molecule has 4 nitrogen and oxygen atoms in total. The molecule has 0 aromatic rings. The summed E-state index contributed by atoms with van der Waals surface area (Å²) in [7, 11) is 0. The summed E-state index contributed by atoms with van der Waals surface area (Å²) in [6, 6.07) is 0. The normalized spacial score (nSPS) is 31.1. The molecule has 1 heterocycles. The van der Waals surface area contributed by atoms with E-state index in [-0.39, 0.29) is 12.0 Å². The molecule has 0 spiro atoms. The predicted octanol–water partition coefficient (Wildman–Crippen LogP) is 3.64. The van der Waals surface area contributed by atoms with Gasteiger partial charge < -0.3 is 9.64 Å². The molecule has 21 heavy (non-hydrogen) atoms. The lowest BCUT2D eigenvalue weighted by molar-refractivity contribution is -0.128. The van der Waals surface area contributed by atoms with Gasteiger partial charge in [-0.15, -0.1) is 0 Å². The maximum atomic E-state index is 12.3. The Hall–Kier alpha value is -1.06. The molecule has 1 amide bonds. The van der Waals surface area contributed by atoms with E-state index in [1.165, 1.54) is 12.8 Å². The summed E-state index contributed by atoms with van der Waals surface area (Å²) in [5.74, 6) is 1.52. The zero-order valence-corrected chi connectivity index (χ0v) is 13.9. The highest BCUT2D eigenvalue weighted by molar-refractivity contribution is 5.84. The Morgan fingerprint density at radius 2 is 2.00 bits per heavy atom. The fraction of sp³-hybridized carbons (Fsp3) is 0.882. The molecule has 0 radical (unpaired) electrons. The summed E-state index contributed by atoms with van der Waals surface area (Å²) in [5, 5.41) is 0. The number of likely N-dealkylation sites (tertiary alicyclic amines) is 1. The lowest BCUT2D eigenvalue weighted by Gasteiger charge is -2.39. The maximum Gasteiger partial charge on any atom is 0.410 e. The molecule has 3 unspecified atom stereocenters. The molecule has 2 rings (SSSR count). The molecule has 0 bridgehead atoms. The molecule has 3 atom stereocenters. The molecule has 2 fully saturated rings. The van der Waals surface area contributed by atoms with Crippen molar-refractivity contribution in [1.29, 1.82) is 0 Å². The third-order valence-corrected chi connectivity index (χ3v) is 4.66. The van der Waals surface area contributed by atoms with Crippen molar-refractivity contribution in [2.24, 2.45) is 17.8 Å². The van der Waals surface area contributed by atoms with Crippen LogP contribution in [-0.4, -0.2) is 35.5 Å². The molecule has 0 aromatic heterocycles. The monoisotopic (exact) mass is 295 g/mol. The van der Waals surface area contributed by atoms with Gasteiger partial charge in [0.2, 0.25) is 0 Å². The average molecular weight is 295 g/mol. The van der Waals surface area contributed by atoms with Crippen LogP contribution in [0.15, 0.2) is 0 Å². The molecule has 120 valence electrons. The Labute approximate surface area is 128 Å². The van der Waals surface area contributed by atoms with Crippen molar-refractivity contribution in [2.45, 2.75) is 65.4 Å². The highest BCUT2D eigenvalue weighted by Gasteiger charge is 2.37. The zero-order chi connectivity index (χ0) is 15.6. The molecule has 1 saturated heterocycles. The first-order chi connectivity index (χ1) is 9.76. The standard InChI is InChI=1S/C17H29NO3/c1-12-6-5-7-13(10-12)14-11-18(9-8-15(14)19)16(20)21-17(2,3)4/h12-14H,5-11H2,1-4H3.